The number of nitrogens with zero attached hydrogens (tertiary/aromatic N) is 1. The number of anilines is 1. The highest BCUT2D eigenvalue weighted by Gasteiger charge is 2.18. The molecule has 1 aromatic rings. The molecule has 2 rings (SSSR count). The maximum absolute atomic E-state index is 6.12. The highest BCUT2D eigenvalue weighted by molar-refractivity contribution is 7.99. The number of hydrogen-bond donors (Lipinski definition) is 1. The Morgan fingerprint density at radius 3 is 3.12 bits per heavy atom. The largest absolute Gasteiger partial charge is 0.399 e. The zero-order valence-electron chi connectivity index (χ0n) is 9.86. The second kappa shape index (κ2) is 5.96. The van der Waals surface area contributed by atoms with Crippen LogP contribution in [-0.4, -0.2) is 43.5 Å². The summed E-state index contributed by atoms with van der Waals surface area (Å²) in [6.45, 7) is 2.82. The van der Waals surface area contributed by atoms with Gasteiger partial charge in [0.2, 0.25) is 0 Å². The Morgan fingerprint density at radius 1 is 1.59 bits per heavy atom. The molecule has 0 saturated carbocycles. The number of halogens is 1. The van der Waals surface area contributed by atoms with Crippen molar-refractivity contribution in [3.8, 4) is 0 Å². The molecule has 94 valence electrons. The number of ether oxygens (including phenoxy) is 1. The quantitative estimate of drug-likeness (QED) is 0.677. The van der Waals surface area contributed by atoms with Crippen LogP contribution in [0.4, 0.5) is 5.69 Å². The maximum atomic E-state index is 6.12. The fourth-order valence-corrected chi connectivity index (χ4v) is 3.07. The molecule has 3 nitrogen and oxygen atoms in total. The predicted molar refractivity (Wildman–Crippen MR) is 73.8 cm³/mol. The summed E-state index contributed by atoms with van der Waals surface area (Å²) in [5, 5.41) is 0.721. The van der Waals surface area contributed by atoms with E-state index in [0.29, 0.717) is 5.69 Å². The van der Waals surface area contributed by atoms with Crippen molar-refractivity contribution in [2.24, 2.45) is 0 Å². The number of rotatable bonds is 3. The third kappa shape index (κ3) is 3.78. The Morgan fingerprint density at radius 2 is 2.41 bits per heavy atom. The summed E-state index contributed by atoms with van der Waals surface area (Å²) < 4.78 is 5.70. The van der Waals surface area contributed by atoms with Crippen LogP contribution in [0.2, 0.25) is 5.02 Å². The molecule has 0 radical (unpaired) electrons. The zero-order valence-corrected chi connectivity index (χ0v) is 11.4. The monoisotopic (exact) mass is 272 g/mol. The van der Waals surface area contributed by atoms with Crippen molar-refractivity contribution in [3.63, 3.8) is 0 Å². The first-order valence-corrected chi connectivity index (χ1v) is 6.99. The number of hydrogen-bond acceptors (Lipinski definition) is 4. The van der Waals surface area contributed by atoms with E-state index in [1.807, 2.05) is 12.1 Å². The van der Waals surface area contributed by atoms with E-state index in [1.54, 1.807) is 17.8 Å². The van der Waals surface area contributed by atoms with Crippen LogP contribution in [-0.2, 0) is 4.74 Å². The van der Waals surface area contributed by atoms with Crippen molar-refractivity contribution < 1.29 is 4.74 Å². The Balaban J connectivity index is 1.88. The van der Waals surface area contributed by atoms with E-state index >= 15 is 0 Å². The lowest BCUT2D eigenvalue weighted by Crippen LogP contribution is -2.41. The van der Waals surface area contributed by atoms with Gasteiger partial charge >= 0.3 is 0 Å². The summed E-state index contributed by atoms with van der Waals surface area (Å²) in [6.07, 6.45) is 0.285. The lowest BCUT2D eigenvalue weighted by molar-refractivity contribution is -0.00598. The molecule has 17 heavy (non-hydrogen) atoms. The van der Waals surface area contributed by atoms with Crippen LogP contribution >= 0.6 is 23.4 Å². The standard InChI is InChI=1S/C12H17ClN2OS/c1-15-4-5-16-10(7-15)8-17-12-3-2-9(14)6-11(12)13/h2-3,6,10H,4-5,7-8,14H2,1H3. The van der Waals surface area contributed by atoms with Gasteiger partial charge in [0.1, 0.15) is 0 Å². The van der Waals surface area contributed by atoms with Crippen LogP contribution in [0.1, 0.15) is 0 Å². The molecule has 1 saturated heterocycles. The molecule has 0 spiro atoms. The number of nitrogens with two attached hydrogens (primary N) is 1. The molecule has 0 bridgehead atoms. The molecule has 1 atom stereocenters. The maximum Gasteiger partial charge on any atom is 0.0796 e. The molecule has 0 amide bonds. The Labute approximate surface area is 111 Å². The first-order valence-electron chi connectivity index (χ1n) is 5.63. The van der Waals surface area contributed by atoms with E-state index in [-0.39, 0.29) is 6.10 Å². The number of benzene rings is 1. The van der Waals surface area contributed by atoms with Gasteiger partial charge in [-0.1, -0.05) is 11.6 Å². The number of morpholine rings is 1. The van der Waals surface area contributed by atoms with Gasteiger partial charge < -0.3 is 15.4 Å². The minimum Gasteiger partial charge on any atom is -0.399 e. The van der Waals surface area contributed by atoms with Crippen molar-refractivity contribution in [1.82, 2.24) is 4.90 Å². The Kier molecular flexibility index (Phi) is 4.56. The SMILES string of the molecule is CN1CCOC(CSc2ccc(N)cc2Cl)C1. The topological polar surface area (TPSA) is 38.5 Å². The second-order valence-electron chi connectivity index (χ2n) is 4.26. The molecular weight excluding hydrogens is 256 g/mol. The Hall–Kier alpha value is -0.420. The van der Waals surface area contributed by atoms with Crippen LogP contribution in [0.5, 0.6) is 0 Å². The van der Waals surface area contributed by atoms with E-state index < -0.39 is 0 Å². The van der Waals surface area contributed by atoms with Gasteiger partial charge in [0, 0.05) is 29.4 Å². The molecule has 1 heterocycles. The van der Waals surface area contributed by atoms with E-state index in [0.717, 1.165) is 35.4 Å². The normalized spacial score (nSPS) is 21.6. The van der Waals surface area contributed by atoms with Crippen LogP contribution in [0.3, 0.4) is 0 Å². The van der Waals surface area contributed by atoms with Gasteiger partial charge in [0.25, 0.3) is 0 Å². The minimum absolute atomic E-state index is 0.285. The van der Waals surface area contributed by atoms with Gasteiger partial charge in [-0.15, -0.1) is 11.8 Å². The smallest absolute Gasteiger partial charge is 0.0796 e. The van der Waals surface area contributed by atoms with Gasteiger partial charge in [-0.05, 0) is 25.2 Å². The summed E-state index contributed by atoms with van der Waals surface area (Å²) in [7, 11) is 2.12. The van der Waals surface area contributed by atoms with Crippen molar-refractivity contribution in [1.29, 1.82) is 0 Å². The van der Waals surface area contributed by atoms with E-state index in [1.165, 1.54) is 0 Å². The average Bonchev–Trinajstić information content (AvgIpc) is 2.28. The molecule has 1 fully saturated rings. The van der Waals surface area contributed by atoms with Crippen LogP contribution in [0.25, 0.3) is 0 Å². The van der Waals surface area contributed by atoms with Crippen molar-refractivity contribution in [2.75, 3.05) is 38.2 Å². The second-order valence-corrected chi connectivity index (χ2v) is 5.72. The number of nitrogen functional groups attached to an aromatic ring is 1. The molecule has 2 N–H and O–H groups in total. The number of likely N-dealkylation sites (N-methyl/N-ethyl adjacent to an activating group) is 1. The van der Waals surface area contributed by atoms with Crippen molar-refractivity contribution >= 4 is 29.1 Å². The Bertz CT molecular complexity index is 389. The molecular formula is C12H17ClN2OS. The van der Waals surface area contributed by atoms with Gasteiger partial charge in [-0.25, -0.2) is 0 Å². The highest BCUT2D eigenvalue weighted by Crippen LogP contribution is 2.29. The molecule has 5 heteroatoms. The molecule has 1 aliphatic rings. The summed E-state index contributed by atoms with van der Waals surface area (Å²) in [6, 6.07) is 5.63. The summed E-state index contributed by atoms with van der Waals surface area (Å²) in [5.41, 5.74) is 6.36. The molecule has 1 aliphatic heterocycles. The average molecular weight is 273 g/mol. The third-order valence-electron chi connectivity index (χ3n) is 2.72. The fraction of sp³-hybridized carbons (Fsp3) is 0.500. The zero-order chi connectivity index (χ0) is 12.3. The molecule has 1 unspecified atom stereocenters. The van der Waals surface area contributed by atoms with Crippen molar-refractivity contribution in [3.05, 3.63) is 23.2 Å². The summed E-state index contributed by atoms with van der Waals surface area (Å²) in [5.74, 6) is 0.925. The summed E-state index contributed by atoms with van der Waals surface area (Å²) >= 11 is 7.85. The van der Waals surface area contributed by atoms with Crippen LogP contribution < -0.4 is 5.73 Å². The lowest BCUT2D eigenvalue weighted by Gasteiger charge is -2.29. The first kappa shape index (κ1) is 13.0. The van der Waals surface area contributed by atoms with Gasteiger partial charge in [-0.2, -0.15) is 0 Å². The molecule has 0 aliphatic carbocycles. The van der Waals surface area contributed by atoms with Gasteiger partial charge in [0.05, 0.1) is 17.7 Å². The molecule has 0 aromatic heterocycles. The van der Waals surface area contributed by atoms with E-state index in [2.05, 4.69) is 11.9 Å². The summed E-state index contributed by atoms with van der Waals surface area (Å²) in [4.78, 5) is 3.36. The van der Waals surface area contributed by atoms with Crippen LogP contribution in [0, 0.1) is 0 Å². The third-order valence-corrected chi connectivity index (χ3v) is 4.35. The van der Waals surface area contributed by atoms with Crippen molar-refractivity contribution in [2.45, 2.75) is 11.0 Å². The van der Waals surface area contributed by atoms with Gasteiger partial charge in [-0.3, -0.25) is 0 Å². The predicted octanol–water partition coefficient (Wildman–Crippen LogP) is 2.34. The molecule has 1 aromatic carbocycles. The van der Waals surface area contributed by atoms with E-state index in [9.17, 15) is 0 Å². The fourth-order valence-electron chi connectivity index (χ4n) is 1.78. The minimum atomic E-state index is 0.285. The lowest BCUT2D eigenvalue weighted by atomic mass is 10.3. The first-order chi connectivity index (χ1) is 8.15. The highest BCUT2D eigenvalue weighted by atomic mass is 35.5. The van der Waals surface area contributed by atoms with E-state index in [4.69, 9.17) is 22.1 Å². The van der Waals surface area contributed by atoms with Crippen LogP contribution in [0.15, 0.2) is 23.1 Å². The number of thioether (sulfide) groups is 1. The van der Waals surface area contributed by atoms with Gasteiger partial charge in [0.15, 0.2) is 0 Å².